The van der Waals surface area contributed by atoms with Gasteiger partial charge in [0.1, 0.15) is 5.78 Å². The molecule has 1 N–H and O–H groups in total. The number of aromatic nitrogens is 1. The lowest BCUT2D eigenvalue weighted by Crippen LogP contribution is -2.49. The largest absolute Gasteiger partial charge is 0.302 e. The molecular formula is C22H25N3O4S2. The maximum atomic E-state index is 13.5. The van der Waals surface area contributed by atoms with Gasteiger partial charge < -0.3 is 5.32 Å². The van der Waals surface area contributed by atoms with Crippen molar-refractivity contribution in [1.29, 1.82) is 0 Å². The van der Waals surface area contributed by atoms with Crippen LogP contribution in [0.5, 0.6) is 0 Å². The highest BCUT2D eigenvalue weighted by molar-refractivity contribution is 7.91. The van der Waals surface area contributed by atoms with Gasteiger partial charge in [-0.25, -0.2) is 13.4 Å². The summed E-state index contributed by atoms with van der Waals surface area (Å²) in [7, 11) is -3.79. The van der Waals surface area contributed by atoms with Crippen LogP contribution in [0.25, 0.3) is 0 Å². The van der Waals surface area contributed by atoms with Gasteiger partial charge in [-0.3, -0.25) is 9.59 Å². The smallest absolute Gasteiger partial charge is 0.254 e. The first-order valence-corrected chi connectivity index (χ1v) is 12.5. The Bertz CT molecular complexity index is 1150. The number of thiazole rings is 1. The van der Waals surface area contributed by atoms with Gasteiger partial charge in [0, 0.05) is 38.3 Å². The van der Waals surface area contributed by atoms with Crippen molar-refractivity contribution in [3.05, 3.63) is 53.2 Å². The molecule has 0 saturated heterocycles. The molecule has 2 aromatic rings. The van der Waals surface area contributed by atoms with E-state index in [1.807, 2.05) is 36.4 Å². The Morgan fingerprint density at radius 2 is 2.03 bits per heavy atom. The number of hydrogen-bond acceptors (Lipinski definition) is 6. The molecule has 1 aliphatic carbocycles. The number of anilines is 1. The lowest BCUT2D eigenvalue weighted by molar-refractivity contribution is -0.120. The van der Waals surface area contributed by atoms with Crippen LogP contribution >= 0.6 is 11.3 Å². The second kappa shape index (κ2) is 8.29. The van der Waals surface area contributed by atoms with Crippen LogP contribution in [-0.2, 0) is 26.0 Å². The Labute approximate surface area is 186 Å². The fraction of sp³-hybridized carbons (Fsp3) is 0.409. The molecule has 1 unspecified atom stereocenters. The van der Waals surface area contributed by atoms with Gasteiger partial charge in [-0.05, 0) is 25.3 Å². The van der Waals surface area contributed by atoms with E-state index >= 15 is 0 Å². The van der Waals surface area contributed by atoms with E-state index in [-0.39, 0.29) is 33.0 Å². The molecule has 1 fully saturated rings. The molecule has 1 atom stereocenters. The van der Waals surface area contributed by atoms with Crippen LogP contribution in [-0.4, -0.2) is 42.5 Å². The van der Waals surface area contributed by atoms with E-state index in [1.165, 1.54) is 11.2 Å². The minimum absolute atomic E-state index is 0.148. The summed E-state index contributed by atoms with van der Waals surface area (Å²) in [4.78, 5) is 27.7. The van der Waals surface area contributed by atoms with E-state index in [1.54, 1.807) is 6.92 Å². The first kappa shape index (κ1) is 21.9. The van der Waals surface area contributed by atoms with Crippen LogP contribution in [0.2, 0.25) is 0 Å². The Hall–Kier alpha value is -2.36. The zero-order valence-electron chi connectivity index (χ0n) is 17.6. The number of sulfonamides is 1. The third-order valence-electron chi connectivity index (χ3n) is 5.97. The van der Waals surface area contributed by atoms with Gasteiger partial charge in [0.2, 0.25) is 5.91 Å². The molecule has 1 aromatic carbocycles. The second-order valence-corrected chi connectivity index (χ2v) is 11.4. The van der Waals surface area contributed by atoms with Crippen molar-refractivity contribution in [2.45, 2.75) is 43.7 Å². The highest BCUT2D eigenvalue weighted by Crippen LogP contribution is 2.46. The molecule has 9 heteroatoms. The molecule has 2 aliphatic rings. The van der Waals surface area contributed by atoms with Gasteiger partial charge in [0.15, 0.2) is 9.34 Å². The number of Topliss-reactive ketones (excluding diaryl/α,β-unsaturated/α-hetero) is 1. The van der Waals surface area contributed by atoms with Gasteiger partial charge in [0.05, 0.1) is 5.69 Å². The Kier molecular flexibility index (Phi) is 5.85. The summed E-state index contributed by atoms with van der Waals surface area (Å²) in [6, 6.07) is 10.0. The van der Waals surface area contributed by atoms with Crippen LogP contribution in [0.15, 0.2) is 46.2 Å². The van der Waals surface area contributed by atoms with Gasteiger partial charge in [0.25, 0.3) is 10.0 Å². The number of ketones is 1. The Morgan fingerprint density at radius 1 is 1.29 bits per heavy atom. The number of hydrogen-bond donors (Lipinski definition) is 1. The monoisotopic (exact) mass is 459 g/mol. The van der Waals surface area contributed by atoms with E-state index in [2.05, 4.69) is 10.3 Å². The number of carbonyl (C=O) groups excluding carboxylic acids is 2. The minimum Gasteiger partial charge on any atom is -0.302 e. The summed E-state index contributed by atoms with van der Waals surface area (Å²) in [5, 5.41) is 2.84. The van der Waals surface area contributed by atoms with Gasteiger partial charge >= 0.3 is 0 Å². The SMILES string of the molecule is CC(=O)Nc1nc(C)c(S(=O)(=O)N2CC=C3CC(=O)CCC3(Cc3ccccc3)C2)s1. The Balaban J connectivity index is 1.68. The third kappa shape index (κ3) is 4.35. The van der Waals surface area contributed by atoms with Crippen molar-refractivity contribution in [2.24, 2.45) is 5.41 Å². The zero-order valence-corrected chi connectivity index (χ0v) is 19.2. The number of benzene rings is 1. The van der Waals surface area contributed by atoms with Crippen LogP contribution in [0.3, 0.4) is 0 Å². The first-order valence-electron chi connectivity index (χ1n) is 10.2. The fourth-order valence-electron chi connectivity index (χ4n) is 4.48. The summed E-state index contributed by atoms with van der Waals surface area (Å²) in [5.41, 5.74) is 2.17. The quantitative estimate of drug-likeness (QED) is 0.692. The summed E-state index contributed by atoms with van der Waals surface area (Å²) in [6.07, 6.45) is 4.11. The van der Waals surface area contributed by atoms with E-state index in [4.69, 9.17) is 0 Å². The van der Waals surface area contributed by atoms with Crippen LogP contribution < -0.4 is 5.32 Å². The van der Waals surface area contributed by atoms with Crippen molar-refractivity contribution < 1.29 is 18.0 Å². The van der Waals surface area contributed by atoms with E-state index in [0.717, 1.165) is 22.5 Å². The normalized spacial score (nSPS) is 22.0. The molecule has 0 bridgehead atoms. The molecule has 7 nitrogen and oxygen atoms in total. The van der Waals surface area contributed by atoms with Crippen LogP contribution in [0, 0.1) is 12.3 Å². The number of nitrogens with zero attached hydrogens (tertiary/aromatic N) is 2. The molecule has 2 heterocycles. The number of fused-ring (bicyclic) bond motifs is 1. The predicted molar refractivity (Wildman–Crippen MR) is 119 cm³/mol. The topological polar surface area (TPSA) is 96.4 Å². The van der Waals surface area contributed by atoms with Gasteiger partial charge in [-0.2, -0.15) is 4.31 Å². The van der Waals surface area contributed by atoms with Crippen LogP contribution in [0.4, 0.5) is 5.13 Å². The molecule has 1 aliphatic heterocycles. The van der Waals surface area contributed by atoms with Gasteiger partial charge in [-0.1, -0.05) is 53.3 Å². The van der Waals surface area contributed by atoms with Crippen molar-refractivity contribution in [2.75, 3.05) is 18.4 Å². The molecule has 4 rings (SSSR count). The van der Waals surface area contributed by atoms with Crippen molar-refractivity contribution >= 4 is 38.2 Å². The van der Waals surface area contributed by atoms with Crippen molar-refractivity contribution in [1.82, 2.24) is 9.29 Å². The maximum Gasteiger partial charge on any atom is 0.254 e. The van der Waals surface area contributed by atoms with Gasteiger partial charge in [-0.15, -0.1) is 0 Å². The lowest BCUT2D eigenvalue weighted by atomic mass is 9.65. The molecule has 0 spiro atoms. The highest BCUT2D eigenvalue weighted by atomic mass is 32.2. The molecule has 0 radical (unpaired) electrons. The fourth-order valence-corrected chi connectivity index (χ4v) is 7.54. The summed E-state index contributed by atoms with van der Waals surface area (Å²) in [6.45, 7) is 3.56. The number of aryl methyl sites for hydroxylation is 1. The average molecular weight is 460 g/mol. The number of amides is 1. The standard InChI is InChI=1S/C22H25N3O4S2/c1-15-20(30-21(23-15)24-16(2)26)31(28,29)25-11-9-18-12-19(27)8-10-22(18,14-25)13-17-6-4-3-5-7-17/h3-7,9H,8,10-14H2,1-2H3,(H,23,24,26). The number of rotatable bonds is 5. The molecule has 1 amide bonds. The highest BCUT2D eigenvalue weighted by Gasteiger charge is 2.45. The first-order chi connectivity index (χ1) is 14.7. The predicted octanol–water partition coefficient (Wildman–Crippen LogP) is 3.32. The molecule has 31 heavy (non-hydrogen) atoms. The summed E-state index contributed by atoms with van der Waals surface area (Å²) in [5.74, 6) is -0.0820. The maximum absolute atomic E-state index is 13.5. The number of carbonyl (C=O) groups is 2. The zero-order chi connectivity index (χ0) is 22.2. The summed E-state index contributed by atoms with van der Waals surface area (Å²) >= 11 is 0.974. The van der Waals surface area contributed by atoms with Crippen LogP contribution in [0.1, 0.15) is 37.4 Å². The average Bonchev–Trinajstić information content (AvgIpc) is 3.09. The molecule has 1 saturated carbocycles. The van der Waals surface area contributed by atoms with Crippen molar-refractivity contribution in [3.8, 4) is 0 Å². The lowest BCUT2D eigenvalue weighted by Gasteiger charge is -2.45. The Morgan fingerprint density at radius 3 is 2.74 bits per heavy atom. The molecule has 164 valence electrons. The van der Waals surface area contributed by atoms with E-state index in [9.17, 15) is 18.0 Å². The van der Waals surface area contributed by atoms with E-state index < -0.39 is 10.0 Å². The molecule has 1 aromatic heterocycles. The number of nitrogens with one attached hydrogen (secondary N) is 1. The third-order valence-corrected chi connectivity index (χ3v) is 9.44. The second-order valence-electron chi connectivity index (χ2n) is 8.26. The van der Waals surface area contributed by atoms with Crippen molar-refractivity contribution in [3.63, 3.8) is 0 Å². The minimum atomic E-state index is -3.79. The molecular weight excluding hydrogens is 434 g/mol. The van der Waals surface area contributed by atoms with E-state index in [0.29, 0.717) is 37.9 Å². The summed E-state index contributed by atoms with van der Waals surface area (Å²) < 4.78 is 28.7.